The lowest BCUT2D eigenvalue weighted by atomic mass is 10.1. The maximum atomic E-state index is 13.4. The quantitative estimate of drug-likeness (QED) is 0.162. The first kappa shape index (κ1) is 28.2. The van der Waals surface area contributed by atoms with Gasteiger partial charge in [-0.05, 0) is 44.6 Å². The van der Waals surface area contributed by atoms with Gasteiger partial charge < -0.3 is 26.6 Å². The molecule has 4 rings (SSSR count). The van der Waals surface area contributed by atoms with Crippen LogP contribution in [0.2, 0.25) is 0 Å². The van der Waals surface area contributed by atoms with Crippen molar-refractivity contribution in [2.24, 2.45) is 16.5 Å². The summed E-state index contributed by atoms with van der Waals surface area (Å²) in [5.41, 5.74) is 11.9. The number of rotatable bonds is 11. The molecule has 39 heavy (non-hydrogen) atoms. The molecule has 2 unspecified atom stereocenters. The number of aryl methyl sites for hydroxylation is 2. The first-order valence-corrected chi connectivity index (χ1v) is 14.0. The number of guanidine groups is 1. The Labute approximate surface area is 231 Å². The van der Waals surface area contributed by atoms with E-state index in [1.54, 1.807) is 16.0 Å². The number of nitrogens with two attached hydrogens (primary N) is 2. The summed E-state index contributed by atoms with van der Waals surface area (Å²) in [7, 11) is 0. The normalized spacial score (nSPS) is 19.4. The highest BCUT2D eigenvalue weighted by molar-refractivity contribution is 7.13. The molecule has 0 radical (unpaired) electrons. The number of amides is 3. The minimum atomic E-state index is -0.813. The van der Waals surface area contributed by atoms with E-state index in [0.717, 1.165) is 10.4 Å². The fourth-order valence-corrected chi connectivity index (χ4v) is 5.92. The molecule has 2 saturated heterocycles. The zero-order valence-corrected chi connectivity index (χ0v) is 22.9. The zero-order chi connectivity index (χ0) is 27.9. The molecule has 2 aliphatic heterocycles. The van der Waals surface area contributed by atoms with Crippen LogP contribution < -0.4 is 16.8 Å². The highest BCUT2D eigenvalue weighted by Crippen LogP contribution is 2.29. The summed E-state index contributed by atoms with van der Waals surface area (Å²) in [6.45, 7) is 2.54. The molecule has 2 fully saturated rings. The monoisotopic (exact) mass is 553 g/mol. The van der Waals surface area contributed by atoms with Gasteiger partial charge in [0.05, 0.1) is 18.6 Å². The van der Waals surface area contributed by atoms with Gasteiger partial charge in [0, 0.05) is 30.6 Å². The second-order valence-corrected chi connectivity index (χ2v) is 11.2. The van der Waals surface area contributed by atoms with Gasteiger partial charge >= 0.3 is 0 Å². The lowest BCUT2D eigenvalue weighted by Crippen LogP contribution is -2.60. The van der Waals surface area contributed by atoms with Gasteiger partial charge in [0.1, 0.15) is 6.04 Å². The van der Waals surface area contributed by atoms with Crippen molar-refractivity contribution in [3.63, 3.8) is 0 Å². The van der Waals surface area contributed by atoms with E-state index in [9.17, 15) is 19.2 Å². The minimum Gasteiger partial charge on any atom is -0.370 e. The standard InChI is InChI=1S/C27H35N7O4S/c1-17-14-31-26(39-17)24(37)20(8-5-13-30-27(28)29)32-25(38)21-11-10-19-15-33(16-23(36)34(19)21)22(35)12-9-18-6-3-2-4-7-18/h2-4,6-7,14,19-21H,5,8-13,15-16H2,1H3,(H,32,38)(H4,28,29,30)/t19-,20?,21?/m0/s1. The molecule has 2 aliphatic rings. The minimum absolute atomic E-state index is 0.0364. The molecular formula is C27H35N7O4S. The third-order valence-electron chi connectivity index (χ3n) is 7.08. The average molecular weight is 554 g/mol. The van der Waals surface area contributed by atoms with Gasteiger partial charge in [-0.2, -0.15) is 0 Å². The van der Waals surface area contributed by atoms with Crippen LogP contribution in [0.1, 0.15) is 52.3 Å². The maximum absolute atomic E-state index is 13.4. The average Bonchev–Trinajstić information content (AvgIpc) is 3.55. The molecule has 0 saturated carbocycles. The van der Waals surface area contributed by atoms with Crippen LogP contribution in [0, 0.1) is 6.92 Å². The number of aliphatic imine (C=N–C) groups is 1. The van der Waals surface area contributed by atoms with Crippen LogP contribution >= 0.6 is 11.3 Å². The van der Waals surface area contributed by atoms with Gasteiger partial charge in [-0.3, -0.25) is 24.2 Å². The number of benzene rings is 1. The number of hydrogen-bond acceptors (Lipinski definition) is 7. The van der Waals surface area contributed by atoms with E-state index in [4.69, 9.17) is 11.5 Å². The van der Waals surface area contributed by atoms with Crippen LogP contribution in [0.4, 0.5) is 0 Å². The fraction of sp³-hybridized carbons (Fsp3) is 0.481. The summed E-state index contributed by atoms with van der Waals surface area (Å²) in [6.07, 6.45) is 4.45. The molecule has 0 bridgehead atoms. The molecule has 0 aliphatic carbocycles. The van der Waals surface area contributed by atoms with Crippen molar-refractivity contribution in [3.8, 4) is 0 Å². The molecule has 3 heterocycles. The number of aromatic nitrogens is 1. The Balaban J connectivity index is 1.37. The van der Waals surface area contributed by atoms with Gasteiger partial charge in [0.2, 0.25) is 23.5 Å². The van der Waals surface area contributed by atoms with Crippen molar-refractivity contribution in [1.82, 2.24) is 20.1 Å². The number of carbonyl (C=O) groups excluding carboxylic acids is 4. The van der Waals surface area contributed by atoms with Crippen molar-refractivity contribution in [2.45, 2.75) is 63.6 Å². The Hall–Kier alpha value is -3.80. The molecule has 208 valence electrons. The Bertz CT molecular complexity index is 1230. The number of Topliss-reactive ketones (excluding diaryl/α,β-unsaturated/α-hetero) is 1. The Morgan fingerprint density at radius 3 is 2.67 bits per heavy atom. The SMILES string of the molecule is Cc1cnc(C(=O)C(CCCN=C(N)N)NC(=O)C2CC[C@H]3CN(C(=O)CCc4ccccc4)CC(=O)N23)s1. The highest BCUT2D eigenvalue weighted by Gasteiger charge is 2.46. The maximum Gasteiger partial charge on any atom is 0.243 e. The molecule has 11 nitrogen and oxygen atoms in total. The Morgan fingerprint density at radius 1 is 1.21 bits per heavy atom. The number of fused-ring (bicyclic) bond motifs is 1. The number of carbonyl (C=O) groups is 4. The van der Waals surface area contributed by atoms with Crippen LogP contribution in [-0.2, 0) is 20.8 Å². The van der Waals surface area contributed by atoms with E-state index < -0.39 is 12.1 Å². The number of piperazine rings is 1. The van der Waals surface area contributed by atoms with Crippen molar-refractivity contribution in [3.05, 3.63) is 52.0 Å². The number of nitrogens with one attached hydrogen (secondary N) is 1. The second kappa shape index (κ2) is 12.8. The van der Waals surface area contributed by atoms with Crippen molar-refractivity contribution in [1.29, 1.82) is 0 Å². The van der Waals surface area contributed by atoms with E-state index in [-0.39, 0.29) is 42.1 Å². The third-order valence-corrected chi connectivity index (χ3v) is 8.01. The van der Waals surface area contributed by atoms with Crippen LogP contribution in [0.15, 0.2) is 41.5 Å². The number of thiazole rings is 1. The molecular weight excluding hydrogens is 518 g/mol. The van der Waals surface area contributed by atoms with Gasteiger partial charge in [-0.25, -0.2) is 4.98 Å². The Kier molecular flexibility index (Phi) is 9.28. The summed E-state index contributed by atoms with van der Waals surface area (Å²) in [5, 5.41) is 3.20. The lowest BCUT2D eigenvalue weighted by molar-refractivity contribution is -0.151. The highest BCUT2D eigenvalue weighted by atomic mass is 32.1. The predicted octanol–water partition coefficient (Wildman–Crippen LogP) is 1.01. The number of hydrogen-bond donors (Lipinski definition) is 3. The van der Waals surface area contributed by atoms with Crippen molar-refractivity contribution >= 4 is 40.8 Å². The molecule has 3 amide bonds. The summed E-state index contributed by atoms with van der Waals surface area (Å²) in [5.74, 6) is -0.997. The summed E-state index contributed by atoms with van der Waals surface area (Å²) in [4.78, 5) is 64.8. The van der Waals surface area contributed by atoms with Crippen LogP contribution in [0.5, 0.6) is 0 Å². The van der Waals surface area contributed by atoms with Crippen molar-refractivity contribution < 1.29 is 19.2 Å². The molecule has 1 aromatic carbocycles. The number of ketones is 1. The lowest BCUT2D eigenvalue weighted by Gasteiger charge is -2.39. The first-order chi connectivity index (χ1) is 18.7. The molecule has 12 heteroatoms. The molecule has 0 spiro atoms. The topological polar surface area (TPSA) is 164 Å². The number of nitrogens with zero attached hydrogens (tertiary/aromatic N) is 4. The summed E-state index contributed by atoms with van der Waals surface area (Å²) < 4.78 is 0. The molecule has 2 aromatic rings. The molecule has 3 atom stereocenters. The molecule has 5 N–H and O–H groups in total. The van der Waals surface area contributed by atoms with Gasteiger partial charge in [0.25, 0.3) is 0 Å². The predicted molar refractivity (Wildman–Crippen MR) is 148 cm³/mol. The van der Waals surface area contributed by atoms with Gasteiger partial charge in [-0.15, -0.1) is 11.3 Å². The van der Waals surface area contributed by atoms with Crippen LogP contribution in [0.3, 0.4) is 0 Å². The van der Waals surface area contributed by atoms with E-state index >= 15 is 0 Å². The van der Waals surface area contributed by atoms with Crippen LogP contribution in [0.25, 0.3) is 0 Å². The van der Waals surface area contributed by atoms with Crippen molar-refractivity contribution in [2.75, 3.05) is 19.6 Å². The smallest absolute Gasteiger partial charge is 0.243 e. The largest absolute Gasteiger partial charge is 0.370 e. The van der Waals surface area contributed by atoms with Gasteiger partial charge in [-0.1, -0.05) is 30.3 Å². The van der Waals surface area contributed by atoms with E-state index in [0.29, 0.717) is 56.6 Å². The first-order valence-electron chi connectivity index (χ1n) is 13.2. The van der Waals surface area contributed by atoms with E-state index in [1.807, 2.05) is 37.3 Å². The zero-order valence-electron chi connectivity index (χ0n) is 22.0. The molecule has 1 aromatic heterocycles. The third kappa shape index (κ3) is 7.20. The second-order valence-electron chi connectivity index (χ2n) is 9.96. The van der Waals surface area contributed by atoms with Crippen LogP contribution in [-0.4, -0.2) is 82.0 Å². The summed E-state index contributed by atoms with van der Waals surface area (Å²) in [6, 6.07) is 8.04. The fourth-order valence-electron chi connectivity index (χ4n) is 5.16. The summed E-state index contributed by atoms with van der Waals surface area (Å²) >= 11 is 1.27. The Morgan fingerprint density at radius 2 is 1.97 bits per heavy atom. The van der Waals surface area contributed by atoms with E-state index in [1.165, 1.54) is 11.3 Å². The van der Waals surface area contributed by atoms with Gasteiger partial charge in [0.15, 0.2) is 11.0 Å². The van der Waals surface area contributed by atoms with E-state index in [2.05, 4.69) is 15.3 Å².